The Hall–Kier alpha value is -3.47. The molecule has 288 valence electrons. The van der Waals surface area contributed by atoms with Gasteiger partial charge < -0.3 is 59.5 Å². The van der Waals surface area contributed by atoms with Gasteiger partial charge in [0.15, 0.2) is 0 Å². The van der Waals surface area contributed by atoms with E-state index in [-0.39, 0.29) is 39.3 Å². The molecule has 0 aliphatic carbocycles. The van der Waals surface area contributed by atoms with E-state index in [1.54, 1.807) is 62.3 Å². The van der Waals surface area contributed by atoms with Gasteiger partial charge in [-0.1, -0.05) is 36.5 Å². The Bertz CT molecular complexity index is 1040. The Kier molecular flexibility index (Phi) is 19.6. The van der Waals surface area contributed by atoms with Crippen molar-refractivity contribution in [1.82, 2.24) is 14.7 Å². The molecule has 0 saturated heterocycles. The number of carbonyl (C=O) groups excluding carboxylic acids is 3. The fraction of sp³-hybridized carbons (Fsp3) is 0.686. The number of aliphatic hydroxyl groups is 6. The third-order valence-electron chi connectivity index (χ3n) is 6.05. The molecule has 2 heterocycles. The fourth-order valence-corrected chi connectivity index (χ4v) is 3.91. The van der Waals surface area contributed by atoms with E-state index in [0.717, 1.165) is 0 Å². The van der Waals surface area contributed by atoms with Gasteiger partial charge in [-0.25, -0.2) is 14.4 Å². The zero-order valence-corrected chi connectivity index (χ0v) is 31.1. The van der Waals surface area contributed by atoms with Crippen LogP contribution in [0.15, 0.2) is 49.6 Å². The summed E-state index contributed by atoms with van der Waals surface area (Å²) in [6.07, 6.45) is 2.16. The molecule has 0 aromatic carbocycles. The number of rotatable bonds is 6. The van der Waals surface area contributed by atoms with Gasteiger partial charge in [0.2, 0.25) is 0 Å². The van der Waals surface area contributed by atoms with Gasteiger partial charge in [-0.2, -0.15) is 0 Å². The number of amides is 3. The topological polar surface area (TPSA) is 210 Å². The molecular formula is C35H61N3O12. The minimum atomic E-state index is -0.866. The summed E-state index contributed by atoms with van der Waals surface area (Å²) in [7, 11) is 0. The van der Waals surface area contributed by atoms with Crippen LogP contribution in [0.25, 0.3) is 0 Å². The molecule has 15 heteroatoms. The molecule has 2 unspecified atom stereocenters. The van der Waals surface area contributed by atoms with Crippen molar-refractivity contribution >= 4 is 18.3 Å². The quantitative estimate of drug-likeness (QED) is 0.173. The SMILES string of the molecule is C=CC(O)CN(CC(O)C=C)C(=O)OC(C)(C)C.CC(C)(C)OC(=O)N1C[C@H](O)C=C[C@@H](O)C1.CC(C)(C)OC(=O)N1C[C@H](O)C=C[C@H](O)C1. The normalized spacial score (nSPS) is 22.1. The highest BCUT2D eigenvalue weighted by Gasteiger charge is 2.28. The standard InChI is InChI=1S/C13H23NO4.2C11H19NO4/c1-6-10(15)8-14(9-11(16)7-2)12(17)18-13(3,4)5;2*1-11(2,3)16-10(15)12-6-8(13)4-5-9(14)7-12/h6-7,10-11,15-16H,1-2,8-9H2,3-5H3;2*4-5,8-9,13-14H,6-7H2,1-3H3/t;8-,9+;8-,9-/m..1/s1. The molecule has 0 spiro atoms. The Morgan fingerprint density at radius 1 is 0.640 bits per heavy atom. The molecule has 0 aromatic rings. The second-order valence-electron chi connectivity index (χ2n) is 14.8. The summed E-state index contributed by atoms with van der Waals surface area (Å²) in [4.78, 5) is 39.1. The van der Waals surface area contributed by atoms with Crippen molar-refractivity contribution in [2.45, 2.75) is 116 Å². The number of aliphatic hydroxyl groups excluding tert-OH is 6. The lowest BCUT2D eigenvalue weighted by molar-refractivity contribution is 0.0106. The van der Waals surface area contributed by atoms with Gasteiger partial charge in [0.05, 0.1) is 75.9 Å². The molecule has 0 aromatic heterocycles. The Morgan fingerprint density at radius 2 is 0.900 bits per heavy atom. The molecule has 2 aliphatic heterocycles. The van der Waals surface area contributed by atoms with Gasteiger partial charge in [0.25, 0.3) is 0 Å². The van der Waals surface area contributed by atoms with Gasteiger partial charge >= 0.3 is 18.3 Å². The predicted molar refractivity (Wildman–Crippen MR) is 188 cm³/mol. The summed E-state index contributed by atoms with van der Waals surface area (Å²) in [6, 6.07) is 0. The maximum Gasteiger partial charge on any atom is 0.410 e. The van der Waals surface area contributed by atoms with Crippen LogP contribution in [0, 0.1) is 0 Å². The van der Waals surface area contributed by atoms with E-state index < -0.39 is 71.7 Å². The second kappa shape index (κ2) is 21.0. The third kappa shape index (κ3) is 22.3. The highest BCUT2D eigenvalue weighted by Crippen LogP contribution is 2.15. The number of hydrogen-bond acceptors (Lipinski definition) is 12. The van der Waals surface area contributed by atoms with Crippen molar-refractivity contribution in [1.29, 1.82) is 0 Å². The summed E-state index contributed by atoms with van der Waals surface area (Å²) in [6.45, 7) is 23.3. The van der Waals surface area contributed by atoms with Crippen LogP contribution in [0.2, 0.25) is 0 Å². The van der Waals surface area contributed by atoms with E-state index in [9.17, 15) is 45.0 Å². The fourth-order valence-electron chi connectivity index (χ4n) is 3.91. The third-order valence-corrected chi connectivity index (χ3v) is 6.05. The molecule has 50 heavy (non-hydrogen) atoms. The molecule has 3 amide bonds. The average Bonchev–Trinajstić information content (AvgIpc) is 3.24. The average molecular weight is 716 g/mol. The minimum Gasteiger partial charge on any atom is -0.444 e. The molecule has 0 fully saturated rings. The van der Waals surface area contributed by atoms with E-state index in [1.807, 2.05) is 0 Å². The van der Waals surface area contributed by atoms with Crippen molar-refractivity contribution < 1.29 is 59.2 Å². The zero-order valence-electron chi connectivity index (χ0n) is 31.1. The van der Waals surface area contributed by atoms with Gasteiger partial charge in [0.1, 0.15) is 16.8 Å². The molecule has 0 saturated carbocycles. The molecular weight excluding hydrogens is 654 g/mol. The number of nitrogens with zero attached hydrogens (tertiary/aromatic N) is 3. The van der Waals surface area contributed by atoms with Crippen molar-refractivity contribution in [2.24, 2.45) is 0 Å². The lowest BCUT2D eigenvalue weighted by atomic mass is 10.2. The van der Waals surface area contributed by atoms with Crippen molar-refractivity contribution in [3.05, 3.63) is 49.6 Å². The number of ether oxygens (including phenoxy) is 3. The highest BCUT2D eigenvalue weighted by molar-refractivity contribution is 5.69. The van der Waals surface area contributed by atoms with Crippen LogP contribution in [0.5, 0.6) is 0 Å². The number of β-amino-alcohol motifs (C(OH)–C–C–N with tert-alkyl or cyclic N) is 4. The first-order valence-corrected chi connectivity index (χ1v) is 16.4. The lowest BCUT2D eigenvalue weighted by Crippen LogP contribution is -2.43. The largest absolute Gasteiger partial charge is 0.444 e. The van der Waals surface area contributed by atoms with Crippen LogP contribution >= 0.6 is 0 Å². The van der Waals surface area contributed by atoms with E-state index in [2.05, 4.69) is 13.2 Å². The van der Waals surface area contributed by atoms with Crippen molar-refractivity contribution in [3.8, 4) is 0 Å². The van der Waals surface area contributed by atoms with E-state index in [0.29, 0.717) is 0 Å². The van der Waals surface area contributed by atoms with E-state index >= 15 is 0 Å². The van der Waals surface area contributed by atoms with Gasteiger partial charge in [-0.3, -0.25) is 0 Å². The van der Waals surface area contributed by atoms with Gasteiger partial charge in [-0.15, -0.1) is 13.2 Å². The Morgan fingerprint density at radius 3 is 1.12 bits per heavy atom. The summed E-state index contributed by atoms with van der Waals surface area (Å²) < 4.78 is 15.5. The molecule has 2 rings (SSSR count). The summed E-state index contributed by atoms with van der Waals surface area (Å²) in [5, 5.41) is 56.9. The zero-order chi connectivity index (χ0) is 39.0. The molecule has 0 bridgehead atoms. The summed E-state index contributed by atoms with van der Waals surface area (Å²) in [5.41, 5.74) is -1.78. The molecule has 6 atom stereocenters. The molecule has 2 aliphatic rings. The second-order valence-corrected chi connectivity index (χ2v) is 14.8. The van der Waals surface area contributed by atoms with Crippen LogP contribution in [0.4, 0.5) is 14.4 Å². The van der Waals surface area contributed by atoms with Crippen LogP contribution < -0.4 is 0 Å². The van der Waals surface area contributed by atoms with Gasteiger partial charge in [-0.05, 0) is 62.3 Å². The first-order valence-electron chi connectivity index (χ1n) is 16.4. The van der Waals surface area contributed by atoms with E-state index in [1.165, 1.54) is 51.2 Å². The molecule has 6 N–H and O–H groups in total. The Balaban J connectivity index is 0.000000721. The summed E-state index contributed by atoms with van der Waals surface area (Å²) >= 11 is 0. The molecule has 15 nitrogen and oxygen atoms in total. The van der Waals surface area contributed by atoms with Crippen LogP contribution in [-0.4, -0.2) is 156 Å². The highest BCUT2D eigenvalue weighted by atomic mass is 16.6. The minimum absolute atomic E-state index is 0.0172. The first-order chi connectivity index (χ1) is 22.7. The maximum absolute atomic E-state index is 11.9. The Labute approximate surface area is 296 Å². The molecule has 0 radical (unpaired) electrons. The summed E-state index contributed by atoms with van der Waals surface area (Å²) in [5.74, 6) is 0. The van der Waals surface area contributed by atoms with Crippen molar-refractivity contribution in [2.75, 3.05) is 39.3 Å². The van der Waals surface area contributed by atoms with Crippen LogP contribution in [-0.2, 0) is 14.2 Å². The van der Waals surface area contributed by atoms with Crippen LogP contribution in [0.1, 0.15) is 62.3 Å². The van der Waals surface area contributed by atoms with E-state index in [4.69, 9.17) is 14.2 Å². The predicted octanol–water partition coefficient (Wildman–Crippen LogP) is 2.35. The lowest BCUT2D eigenvalue weighted by Gasteiger charge is -2.29. The monoisotopic (exact) mass is 715 g/mol. The van der Waals surface area contributed by atoms with Crippen molar-refractivity contribution in [3.63, 3.8) is 0 Å². The number of carbonyl (C=O) groups is 3. The maximum atomic E-state index is 11.9. The van der Waals surface area contributed by atoms with Gasteiger partial charge in [0, 0.05) is 0 Å². The van der Waals surface area contributed by atoms with Crippen LogP contribution in [0.3, 0.4) is 0 Å². The first kappa shape index (κ1) is 46.5. The smallest absolute Gasteiger partial charge is 0.410 e. The number of hydrogen-bond donors (Lipinski definition) is 6.